The molecule has 19 heavy (non-hydrogen) atoms. The predicted molar refractivity (Wildman–Crippen MR) is 76.9 cm³/mol. The summed E-state index contributed by atoms with van der Waals surface area (Å²) in [4.78, 5) is 0. The second-order valence-corrected chi connectivity index (χ2v) is 6.16. The molecule has 0 radical (unpaired) electrons. The number of hydrogen-bond acceptors (Lipinski definition) is 5. The quantitative estimate of drug-likeness (QED) is 0.452. The molecule has 0 fully saturated rings. The Labute approximate surface area is 117 Å². The van der Waals surface area contributed by atoms with Gasteiger partial charge in [-0.1, -0.05) is 6.92 Å². The van der Waals surface area contributed by atoms with Crippen molar-refractivity contribution in [1.82, 2.24) is 10.0 Å². The highest BCUT2D eigenvalue weighted by Gasteiger charge is 2.08. The van der Waals surface area contributed by atoms with Gasteiger partial charge >= 0.3 is 0 Å². The minimum Gasteiger partial charge on any atom is -0.382 e. The number of sulfonamides is 1. The molecule has 0 amide bonds. The van der Waals surface area contributed by atoms with Crippen LogP contribution in [0.1, 0.15) is 26.2 Å². The summed E-state index contributed by atoms with van der Waals surface area (Å²) in [6.45, 7) is 5.93. The van der Waals surface area contributed by atoms with Crippen LogP contribution in [0.5, 0.6) is 0 Å². The van der Waals surface area contributed by atoms with Gasteiger partial charge in [-0.3, -0.25) is 0 Å². The van der Waals surface area contributed by atoms with Gasteiger partial charge in [0.05, 0.1) is 19.0 Å². The molecule has 116 valence electrons. The SMILES string of the molecule is CCNCCCS(=O)(=O)NCCCCOCCOC. The van der Waals surface area contributed by atoms with Gasteiger partial charge in [0.15, 0.2) is 0 Å². The molecular formula is C12H28N2O4S. The fraction of sp³-hybridized carbons (Fsp3) is 1.00. The molecule has 0 atom stereocenters. The molecule has 2 N–H and O–H groups in total. The molecule has 0 bridgehead atoms. The Morgan fingerprint density at radius 3 is 2.47 bits per heavy atom. The van der Waals surface area contributed by atoms with Gasteiger partial charge in [0.1, 0.15) is 0 Å². The van der Waals surface area contributed by atoms with E-state index in [9.17, 15) is 8.42 Å². The van der Waals surface area contributed by atoms with Crippen LogP contribution in [-0.2, 0) is 19.5 Å². The van der Waals surface area contributed by atoms with Crippen molar-refractivity contribution in [2.75, 3.05) is 52.3 Å². The maximum Gasteiger partial charge on any atom is 0.211 e. The lowest BCUT2D eigenvalue weighted by molar-refractivity contribution is 0.0689. The van der Waals surface area contributed by atoms with E-state index in [1.807, 2.05) is 6.92 Å². The van der Waals surface area contributed by atoms with Gasteiger partial charge < -0.3 is 14.8 Å². The molecule has 6 nitrogen and oxygen atoms in total. The first-order chi connectivity index (χ1) is 9.12. The second-order valence-electron chi connectivity index (χ2n) is 4.23. The number of methoxy groups -OCH3 is 1. The van der Waals surface area contributed by atoms with Crippen molar-refractivity contribution in [3.05, 3.63) is 0 Å². The van der Waals surface area contributed by atoms with Crippen molar-refractivity contribution in [3.8, 4) is 0 Å². The number of unbranched alkanes of at least 4 members (excludes halogenated alkanes) is 1. The van der Waals surface area contributed by atoms with Crippen LogP contribution in [-0.4, -0.2) is 60.7 Å². The highest BCUT2D eigenvalue weighted by molar-refractivity contribution is 7.89. The van der Waals surface area contributed by atoms with Crippen LogP contribution in [0.25, 0.3) is 0 Å². The number of ether oxygens (including phenoxy) is 2. The van der Waals surface area contributed by atoms with Crippen LogP contribution >= 0.6 is 0 Å². The first kappa shape index (κ1) is 18.8. The van der Waals surface area contributed by atoms with Crippen LogP contribution in [0.4, 0.5) is 0 Å². The van der Waals surface area contributed by atoms with Gasteiger partial charge in [0, 0.05) is 20.3 Å². The van der Waals surface area contributed by atoms with Crippen molar-refractivity contribution < 1.29 is 17.9 Å². The molecule has 7 heteroatoms. The van der Waals surface area contributed by atoms with E-state index in [2.05, 4.69) is 10.0 Å². The van der Waals surface area contributed by atoms with E-state index in [1.165, 1.54) is 0 Å². The van der Waals surface area contributed by atoms with Gasteiger partial charge in [-0.2, -0.15) is 0 Å². The van der Waals surface area contributed by atoms with E-state index in [0.717, 1.165) is 25.9 Å². The topological polar surface area (TPSA) is 76.7 Å². The average Bonchev–Trinajstić information content (AvgIpc) is 2.38. The molecule has 0 aromatic heterocycles. The lowest BCUT2D eigenvalue weighted by Crippen LogP contribution is -2.29. The zero-order valence-corrected chi connectivity index (χ0v) is 12.9. The predicted octanol–water partition coefficient (Wildman–Crippen LogP) is 0.349. The fourth-order valence-electron chi connectivity index (χ4n) is 1.44. The van der Waals surface area contributed by atoms with Crippen LogP contribution in [0.3, 0.4) is 0 Å². The molecule has 0 aliphatic heterocycles. The van der Waals surface area contributed by atoms with Gasteiger partial charge in [-0.05, 0) is 32.4 Å². The summed E-state index contributed by atoms with van der Waals surface area (Å²) in [5.74, 6) is 0.185. The van der Waals surface area contributed by atoms with Gasteiger partial charge in [0.2, 0.25) is 10.0 Å². The fourth-order valence-corrected chi connectivity index (χ4v) is 2.56. The minimum absolute atomic E-state index is 0.185. The lowest BCUT2D eigenvalue weighted by atomic mass is 10.3. The molecule has 0 aromatic rings. The van der Waals surface area contributed by atoms with E-state index in [-0.39, 0.29) is 5.75 Å². The Bertz CT molecular complexity index is 283. The molecule has 0 unspecified atom stereocenters. The zero-order valence-electron chi connectivity index (χ0n) is 12.1. The highest BCUT2D eigenvalue weighted by Crippen LogP contribution is 1.93. The first-order valence-corrected chi connectivity index (χ1v) is 8.52. The minimum atomic E-state index is -3.11. The molecular weight excluding hydrogens is 268 g/mol. The molecule has 0 saturated heterocycles. The van der Waals surface area contributed by atoms with E-state index < -0.39 is 10.0 Å². The standard InChI is InChI=1S/C12H28N2O4S/c1-3-13-7-6-12-19(15,16)14-8-4-5-9-18-11-10-17-2/h13-14H,3-12H2,1-2H3. The summed E-state index contributed by atoms with van der Waals surface area (Å²) in [5.41, 5.74) is 0. The van der Waals surface area contributed by atoms with Crippen molar-refractivity contribution in [3.63, 3.8) is 0 Å². The van der Waals surface area contributed by atoms with Crippen molar-refractivity contribution in [2.45, 2.75) is 26.2 Å². The van der Waals surface area contributed by atoms with Crippen LogP contribution in [0.2, 0.25) is 0 Å². The van der Waals surface area contributed by atoms with E-state index in [1.54, 1.807) is 7.11 Å². The molecule has 0 aliphatic rings. The van der Waals surface area contributed by atoms with Crippen LogP contribution in [0.15, 0.2) is 0 Å². The Morgan fingerprint density at radius 2 is 1.79 bits per heavy atom. The Balaban J connectivity index is 3.38. The summed E-state index contributed by atoms with van der Waals surface area (Å²) in [6.07, 6.45) is 2.28. The number of hydrogen-bond donors (Lipinski definition) is 2. The Kier molecular flexibility index (Phi) is 12.7. The molecule has 0 saturated carbocycles. The van der Waals surface area contributed by atoms with Crippen molar-refractivity contribution >= 4 is 10.0 Å². The number of rotatable bonds is 14. The largest absolute Gasteiger partial charge is 0.382 e. The first-order valence-electron chi connectivity index (χ1n) is 6.87. The Morgan fingerprint density at radius 1 is 1.00 bits per heavy atom. The van der Waals surface area contributed by atoms with Gasteiger partial charge in [-0.25, -0.2) is 13.1 Å². The van der Waals surface area contributed by atoms with Crippen molar-refractivity contribution in [2.24, 2.45) is 0 Å². The third-order valence-electron chi connectivity index (χ3n) is 2.49. The molecule has 0 spiro atoms. The molecule has 0 heterocycles. The zero-order chi connectivity index (χ0) is 14.4. The third-order valence-corrected chi connectivity index (χ3v) is 3.96. The summed E-state index contributed by atoms with van der Waals surface area (Å²) in [6, 6.07) is 0. The maximum absolute atomic E-state index is 11.6. The van der Waals surface area contributed by atoms with Crippen molar-refractivity contribution in [1.29, 1.82) is 0 Å². The molecule has 0 aliphatic carbocycles. The summed E-state index contributed by atoms with van der Waals surface area (Å²) < 4.78 is 35.9. The third kappa shape index (κ3) is 14.0. The molecule has 0 aromatic carbocycles. The van der Waals surface area contributed by atoms with Crippen LogP contribution < -0.4 is 10.0 Å². The lowest BCUT2D eigenvalue weighted by Gasteiger charge is -2.07. The highest BCUT2D eigenvalue weighted by atomic mass is 32.2. The summed E-state index contributed by atoms with van der Waals surface area (Å²) >= 11 is 0. The van der Waals surface area contributed by atoms with Gasteiger partial charge in [0.25, 0.3) is 0 Å². The monoisotopic (exact) mass is 296 g/mol. The molecule has 0 rings (SSSR count). The maximum atomic E-state index is 11.6. The summed E-state index contributed by atoms with van der Waals surface area (Å²) in [5, 5.41) is 3.10. The Hall–Kier alpha value is -0.210. The van der Waals surface area contributed by atoms with Gasteiger partial charge in [-0.15, -0.1) is 0 Å². The van der Waals surface area contributed by atoms with E-state index in [4.69, 9.17) is 9.47 Å². The van der Waals surface area contributed by atoms with E-state index in [0.29, 0.717) is 32.8 Å². The number of nitrogens with one attached hydrogen (secondary N) is 2. The van der Waals surface area contributed by atoms with E-state index >= 15 is 0 Å². The van der Waals surface area contributed by atoms with Crippen LogP contribution in [0, 0.1) is 0 Å². The second kappa shape index (κ2) is 12.8. The average molecular weight is 296 g/mol. The smallest absolute Gasteiger partial charge is 0.211 e. The normalized spacial score (nSPS) is 11.9. The summed E-state index contributed by atoms with van der Waals surface area (Å²) in [7, 11) is -1.48.